The highest BCUT2D eigenvalue weighted by molar-refractivity contribution is 4.78. The van der Waals surface area contributed by atoms with Gasteiger partial charge in [-0.2, -0.15) is 0 Å². The monoisotopic (exact) mass is 202 g/mol. The molecule has 1 aliphatic rings. The minimum absolute atomic E-state index is 0.337. The van der Waals surface area contributed by atoms with Gasteiger partial charge in [0, 0.05) is 14.2 Å². The summed E-state index contributed by atoms with van der Waals surface area (Å²) in [4.78, 5) is 0. The maximum absolute atomic E-state index is 10.0. The van der Waals surface area contributed by atoms with Crippen LogP contribution < -0.4 is 0 Å². The summed E-state index contributed by atoms with van der Waals surface area (Å²) in [5.41, 5.74) is 0. The smallest absolute Gasteiger partial charge is 0.182 e. The number of rotatable bonds is 4. The fourth-order valence-electron chi connectivity index (χ4n) is 2.39. The van der Waals surface area contributed by atoms with Crippen molar-refractivity contribution in [3.05, 3.63) is 0 Å². The van der Waals surface area contributed by atoms with Crippen molar-refractivity contribution >= 4 is 0 Å². The van der Waals surface area contributed by atoms with E-state index in [2.05, 4.69) is 6.92 Å². The molecule has 0 amide bonds. The number of ether oxygens (including phenoxy) is 2. The molecule has 14 heavy (non-hydrogen) atoms. The van der Waals surface area contributed by atoms with Crippen molar-refractivity contribution in [2.45, 2.75) is 45.0 Å². The number of hydrogen-bond donors (Lipinski definition) is 1. The Kier molecular flexibility index (Phi) is 4.85. The van der Waals surface area contributed by atoms with Crippen LogP contribution in [0.15, 0.2) is 0 Å². The number of aliphatic hydroxyl groups excluding tert-OH is 1. The van der Waals surface area contributed by atoms with Crippen LogP contribution in [0.25, 0.3) is 0 Å². The summed E-state index contributed by atoms with van der Waals surface area (Å²) in [7, 11) is 3.15. The van der Waals surface area contributed by atoms with Crippen molar-refractivity contribution < 1.29 is 14.6 Å². The number of methoxy groups -OCH3 is 2. The van der Waals surface area contributed by atoms with Crippen LogP contribution in [0.1, 0.15) is 32.6 Å². The molecule has 3 nitrogen and oxygen atoms in total. The maximum Gasteiger partial charge on any atom is 0.182 e. The van der Waals surface area contributed by atoms with Crippen LogP contribution in [0.3, 0.4) is 0 Å². The quantitative estimate of drug-likeness (QED) is 0.706. The molecule has 3 heteroatoms. The van der Waals surface area contributed by atoms with Crippen LogP contribution in [-0.4, -0.2) is 31.7 Å². The first-order valence-corrected chi connectivity index (χ1v) is 5.42. The van der Waals surface area contributed by atoms with Crippen molar-refractivity contribution in [1.29, 1.82) is 0 Å². The lowest BCUT2D eigenvalue weighted by Crippen LogP contribution is -2.38. The molecule has 1 N–H and O–H groups in total. The fourth-order valence-corrected chi connectivity index (χ4v) is 2.39. The first-order chi connectivity index (χ1) is 6.69. The molecule has 84 valence electrons. The van der Waals surface area contributed by atoms with Crippen LogP contribution in [0, 0.1) is 11.8 Å². The molecule has 0 aromatic heterocycles. The van der Waals surface area contributed by atoms with Crippen molar-refractivity contribution in [3.8, 4) is 0 Å². The van der Waals surface area contributed by atoms with Crippen molar-refractivity contribution in [2.24, 2.45) is 11.8 Å². The molecule has 0 heterocycles. The van der Waals surface area contributed by atoms with E-state index < -0.39 is 12.4 Å². The summed E-state index contributed by atoms with van der Waals surface area (Å²) in [6.45, 7) is 2.24. The van der Waals surface area contributed by atoms with E-state index in [-0.39, 0.29) is 0 Å². The molecule has 0 saturated heterocycles. The third-order valence-electron chi connectivity index (χ3n) is 3.20. The van der Waals surface area contributed by atoms with Crippen LogP contribution in [-0.2, 0) is 9.47 Å². The molecular formula is C11H22O3. The van der Waals surface area contributed by atoms with Crippen molar-refractivity contribution in [1.82, 2.24) is 0 Å². The minimum Gasteiger partial charge on any atom is -0.388 e. The highest BCUT2D eigenvalue weighted by atomic mass is 16.7. The Morgan fingerprint density at radius 2 is 1.86 bits per heavy atom. The van der Waals surface area contributed by atoms with Gasteiger partial charge in [-0.15, -0.1) is 0 Å². The zero-order valence-corrected chi connectivity index (χ0v) is 9.40. The van der Waals surface area contributed by atoms with Gasteiger partial charge in [0.1, 0.15) is 6.10 Å². The Balaban J connectivity index is 2.45. The lowest BCUT2D eigenvalue weighted by atomic mass is 9.79. The SMILES string of the molecule is COC(OC)C(O)C1CCCC(C)C1. The molecule has 1 rings (SSSR count). The highest BCUT2D eigenvalue weighted by Crippen LogP contribution is 2.32. The third-order valence-corrected chi connectivity index (χ3v) is 3.20. The number of hydrogen-bond acceptors (Lipinski definition) is 3. The van der Waals surface area contributed by atoms with Crippen LogP contribution in [0.2, 0.25) is 0 Å². The Bertz CT molecular complexity index is 157. The predicted octanol–water partition coefficient (Wildman–Crippen LogP) is 1.79. The normalized spacial score (nSPS) is 30.6. The van der Waals surface area contributed by atoms with E-state index in [9.17, 15) is 5.11 Å². The Labute approximate surface area is 86.4 Å². The van der Waals surface area contributed by atoms with Crippen molar-refractivity contribution in [3.63, 3.8) is 0 Å². The van der Waals surface area contributed by atoms with Gasteiger partial charge >= 0.3 is 0 Å². The van der Waals surface area contributed by atoms with Gasteiger partial charge in [-0.05, 0) is 24.7 Å². The molecule has 3 unspecified atom stereocenters. The summed E-state index contributed by atoms with van der Waals surface area (Å²) >= 11 is 0. The van der Waals surface area contributed by atoms with Gasteiger partial charge in [0.15, 0.2) is 6.29 Å². The molecule has 1 fully saturated rings. The lowest BCUT2D eigenvalue weighted by Gasteiger charge is -2.33. The second-order valence-corrected chi connectivity index (χ2v) is 4.36. The average Bonchev–Trinajstić information content (AvgIpc) is 2.19. The molecule has 0 aromatic carbocycles. The molecule has 0 aliphatic heterocycles. The molecule has 0 bridgehead atoms. The minimum atomic E-state index is -0.479. The summed E-state index contributed by atoms with van der Waals surface area (Å²) < 4.78 is 10.2. The third kappa shape index (κ3) is 2.94. The van der Waals surface area contributed by atoms with Crippen LogP contribution >= 0.6 is 0 Å². The van der Waals surface area contributed by atoms with Gasteiger partial charge in [-0.25, -0.2) is 0 Å². The Hall–Kier alpha value is -0.120. The van der Waals surface area contributed by atoms with Gasteiger partial charge in [-0.3, -0.25) is 0 Å². The Morgan fingerprint density at radius 3 is 2.36 bits per heavy atom. The fraction of sp³-hybridized carbons (Fsp3) is 1.00. The summed E-state index contributed by atoms with van der Waals surface area (Å²) in [6.07, 6.45) is 3.73. The molecule has 0 aromatic rings. The van der Waals surface area contributed by atoms with E-state index in [0.29, 0.717) is 5.92 Å². The second kappa shape index (κ2) is 5.69. The van der Waals surface area contributed by atoms with Gasteiger partial charge in [0.05, 0.1) is 0 Å². The summed E-state index contributed by atoms with van der Waals surface area (Å²) in [5, 5.41) is 10.0. The predicted molar refractivity (Wildman–Crippen MR) is 54.9 cm³/mol. The van der Waals surface area contributed by atoms with E-state index in [1.807, 2.05) is 0 Å². The molecule has 1 saturated carbocycles. The van der Waals surface area contributed by atoms with Crippen LogP contribution in [0.4, 0.5) is 0 Å². The standard InChI is InChI=1S/C11H22O3/c1-8-5-4-6-9(7-8)10(12)11(13-2)14-3/h8-12H,4-7H2,1-3H3. The van der Waals surface area contributed by atoms with Crippen molar-refractivity contribution in [2.75, 3.05) is 14.2 Å². The molecular weight excluding hydrogens is 180 g/mol. The molecule has 1 aliphatic carbocycles. The zero-order chi connectivity index (χ0) is 10.6. The van der Waals surface area contributed by atoms with Crippen LogP contribution in [0.5, 0.6) is 0 Å². The first kappa shape index (κ1) is 12.0. The van der Waals surface area contributed by atoms with Gasteiger partial charge in [0.25, 0.3) is 0 Å². The maximum atomic E-state index is 10.0. The number of aliphatic hydroxyl groups is 1. The van der Waals surface area contributed by atoms with Gasteiger partial charge < -0.3 is 14.6 Å². The van der Waals surface area contributed by atoms with E-state index >= 15 is 0 Å². The summed E-state index contributed by atoms with van der Waals surface area (Å²) in [5.74, 6) is 1.06. The second-order valence-electron chi connectivity index (χ2n) is 4.36. The lowest BCUT2D eigenvalue weighted by molar-refractivity contribution is -0.182. The average molecular weight is 202 g/mol. The molecule has 0 spiro atoms. The van der Waals surface area contributed by atoms with Gasteiger partial charge in [-0.1, -0.05) is 19.8 Å². The first-order valence-electron chi connectivity index (χ1n) is 5.42. The Morgan fingerprint density at radius 1 is 1.21 bits per heavy atom. The topological polar surface area (TPSA) is 38.7 Å². The van der Waals surface area contributed by atoms with Gasteiger partial charge in [0.2, 0.25) is 0 Å². The molecule has 0 radical (unpaired) electrons. The van der Waals surface area contributed by atoms with E-state index in [0.717, 1.165) is 18.8 Å². The van der Waals surface area contributed by atoms with E-state index in [1.165, 1.54) is 12.8 Å². The van der Waals surface area contributed by atoms with E-state index in [1.54, 1.807) is 14.2 Å². The van der Waals surface area contributed by atoms with E-state index in [4.69, 9.17) is 9.47 Å². The molecule has 3 atom stereocenters. The summed E-state index contributed by atoms with van der Waals surface area (Å²) in [6, 6.07) is 0. The largest absolute Gasteiger partial charge is 0.388 e. The highest BCUT2D eigenvalue weighted by Gasteiger charge is 2.30. The zero-order valence-electron chi connectivity index (χ0n) is 9.40.